The topological polar surface area (TPSA) is 115 Å². The van der Waals surface area contributed by atoms with Gasteiger partial charge in [-0.3, -0.25) is 14.8 Å². The zero-order valence-corrected chi connectivity index (χ0v) is 9.57. The van der Waals surface area contributed by atoms with E-state index in [4.69, 9.17) is 10.7 Å². The Hall–Kier alpha value is -0.0836. The molecule has 0 aromatic heterocycles. The molecule has 12 heavy (non-hydrogen) atoms. The minimum atomic E-state index is -0.760. The summed E-state index contributed by atoms with van der Waals surface area (Å²) >= 11 is 0. The van der Waals surface area contributed by atoms with E-state index < -0.39 is 11.8 Å². The van der Waals surface area contributed by atoms with Gasteiger partial charge >= 0.3 is 63.5 Å². The van der Waals surface area contributed by atoms with Crippen molar-refractivity contribution in [2.24, 2.45) is 0 Å². The summed E-state index contributed by atoms with van der Waals surface area (Å²) in [4.78, 5) is 23.0. The number of carbonyl (C=O) groups excluding carboxylic acids is 2. The molecule has 0 heterocycles. The fourth-order valence-electron chi connectivity index (χ4n) is 0.305. The summed E-state index contributed by atoms with van der Waals surface area (Å²) in [5.74, 6) is -1.49. The van der Waals surface area contributed by atoms with Gasteiger partial charge in [-0.2, -0.15) is 4.79 Å². The largest absolute Gasteiger partial charge is 1.00 e. The zero-order valence-electron chi connectivity index (χ0n) is 6.44. The molecule has 0 rings (SSSR count). The van der Waals surface area contributed by atoms with Crippen LogP contribution in [0.1, 0.15) is 0 Å². The molecule has 7 nitrogen and oxygen atoms in total. The maximum atomic E-state index is 10.4. The first-order chi connectivity index (χ1) is 5.20. The number of nitrogens with one attached hydrogen (secondary N) is 2. The summed E-state index contributed by atoms with van der Waals surface area (Å²) in [6, 6.07) is 0. The fourth-order valence-corrected chi connectivity index (χ4v) is 0.305. The molecule has 0 aromatic carbocycles. The quantitative estimate of drug-likeness (QED) is 0.105. The maximum absolute atomic E-state index is 10.4. The van der Waals surface area contributed by atoms with Crippen LogP contribution < -0.4 is 62.2 Å². The molecule has 0 saturated heterocycles. The van der Waals surface area contributed by atoms with E-state index in [1.165, 1.54) is 5.48 Å². The van der Waals surface area contributed by atoms with Crippen molar-refractivity contribution in [3.63, 3.8) is 0 Å². The third kappa shape index (κ3) is 8.02. The molecule has 0 aliphatic carbocycles. The minimum Gasteiger partial charge on any atom is -0.361 e. The van der Waals surface area contributed by atoms with Gasteiger partial charge in [0.2, 0.25) is 0 Å². The second-order valence-electron chi connectivity index (χ2n) is 1.50. The van der Waals surface area contributed by atoms with E-state index >= 15 is 0 Å². The van der Waals surface area contributed by atoms with E-state index in [0.29, 0.717) is 6.21 Å². The summed E-state index contributed by atoms with van der Waals surface area (Å²) in [7, 11) is 0. The molecule has 60 valence electrons. The smallest absolute Gasteiger partial charge is 0.361 e. The standard InChI is InChI=1S/C4H6N4O3.K/c5-7-2-3(9)6-1-4(10)8-11;/h2,11H,1H2,(H,6,9)(H,8,10);/q;+1. The van der Waals surface area contributed by atoms with Crippen LogP contribution in [0.3, 0.4) is 0 Å². The Morgan fingerprint density at radius 2 is 2.17 bits per heavy atom. The summed E-state index contributed by atoms with van der Waals surface area (Å²) in [6.45, 7) is -0.374. The third-order valence-electron chi connectivity index (χ3n) is 0.723. The molecule has 3 N–H and O–H groups in total. The van der Waals surface area contributed by atoms with Gasteiger partial charge in [0, 0.05) is 0 Å². The van der Waals surface area contributed by atoms with Crippen molar-refractivity contribution < 1.29 is 71.0 Å². The molecule has 0 bridgehead atoms. The predicted octanol–water partition coefficient (Wildman–Crippen LogP) is -5.09. The van der Waals surface area contributed by atoms with Crippen molar-refractivity contribution >= 4 is 18.0 Å². The van der Waals surface area contributed by atoms with Gasteiger partial charge in [0.25, 0.3) is 5.91 Å². The number of carbonyl (C=O) groups is 2. The van der Waals surface area contributed by atoms with E-state index in [2.05, 4.69) is 4.79 Å². The molecule has 0 aromatic rings. The average molecular weight is 197 g/mol. The monoisotopic (exact) mass is 197 g/mol. The number of nitrogens with zero attached hydrogens (tertiary/aromatic N) is 2. The van der Waals surface area contributed by atoms with Crippen LogP contribution in [0, 0.1) is 0 Å². The van der Waals surface area contributed by atoms with Crippen LogP contribution in [0.15, 0.2) is 0 Å². The van der Waals surface area contributed by atoms with E-state index in [0.717, 1.165) is 0 Å². The van der Waals surface area contributed by atoms with Crippen LogP contribution in [-0.4, -0.2) is 34.6 Å². The van der Waals surface area contributed by atoms with Gasteiger partial charge in [-0.05, 0) is 0 Å². The van der Waals surface area contributed by atoms with Crippen molar-refractivity contribution in [1.82, 2.24) is 10.8 Å². The van der Waals surface area contributed by atoms with E-state index in [-0.39, 0.29) is 57.9 Å². The Morgan fingerprint density at radius 1 is 1.58 bits per heavy atom. The fraction of sp³-hybridized carbons (Fsp3) is 0.250. The Labute approximate surface area is 111 Å². The Balaban J connectivity index is 0. The summed E-state index contributed by atoms with van der Waals surface area (Å²) < 4.78 is 0. The molecule has 0 fully saturated rings. The van der Waals surface area contributed by atoms with Gasteiger partial charge in [0.15, 0.2) is 0 Å². The number of rotatable bonds is 3. The van der Waals surface area contributed by atoms with Crippen molar-refractivity contribution in [3.05, 3.63) is 5.53 Å². The van der Waals surface area contributed by atoms with Gasteiger partial charge in [-0.15, -0.1) is 0 Å². The maximum Gasteiger partial charge on any atom is 1.00 e. The number of hydroxylamine groups is 1. The van der Waals surface area contributed by atoms with Crippen LogP contribution in [-0.2, 0) is 9.59 Å². The summed E-state index contributed by atoms with van der Waals surface area (Å²) in [5, 5.41) is 9.96. The van der Waals surface area contributed by atoms with E-state index in [9.17, 15) is 9.59 Å². The van der Waals surface area contributed by atoms with Crippen molar-refractivity contribution in [2.45, 2.75) is 0 Å². The predicted molar refractivity (Wildman–Crippen MR) is 32.6 cm³/mol. The van der Waals surface area contributed by atoms with E-state index in [1.54, 1.807) is 0 Å². The SMILES string of the molecule is [K+].[N-]=[N+]=CC(=O)NCC(=O)NO. The molecule has 0 aliphatic heterocycles. The van der Waals surface area contributed by atoms with Crippen molar-refractivity contribution in [2.75, 3.05) is 6.54 Å². The van der Waals surface area contributed by atoms with E-state index in [1.807, 2.05) is 5.32 Å². The first kappa shape index (κ1) is 14.4. The molecule has 8 heteroatoms. The molecule has 0 spiro atoms. The van der Waals surface area contributed by atoms with Gasteiger partial charge in [-0.1, -0.05) is 0 Å². The Morgan fingerprint density at radius 3 is 2.58 bits per heavy atom. The van der Waals surface area contributed by atoms with Gasteiger partial charge in [-0.25, -0.2) is 5.48 Å². The molecule has 2 amide bonds. The second kappa shape index (κ2) is 9.01. The van der Waals surface area contributed by atoms with Crippen molar-refractivity contribution in [1.29, 1.82) is 0 Å². The molecular weight excluding hydrogens is 191 g/mol. The zero-order chi connectivity index (χ0) is 8.69. The first-order valence-corrected chi connectivity index (χ1v) is 2.59. The van der Waals surface area contributed by atoms with Crippen LogP contribution in [0.2, 0.25) is 0 Å². The molecule has 0 radical (unpaired) electrons. The van der Waals surface area contributed by atoms with Gasteiger partial charge in [0.1, 0.15) is 0 Å². The normalized spacial score (nSPS) is 7.08. The Bertz CT molecular complexity index is 212. The van der Waals surface area contributed by atoms with Crippen molar-refractivity contribution in [3.8, 4) is 0 Å². The van der Waals surface area contributed by atoms with Gasteiger partial charge < -0.3 is 10.8 Å². The number of amides is 2. The van der Waals surface area contributed by atoms with Crippen LogP contribution in [0.4, 0.5) is 0 Å². The number of hydrogen-bond donors (Lipinski definition) is 3. The van der Waals surface area contributed by atoms with Crippen LogP contribution in [0.25, 0.3) is 5.53 Å². The molecule has 0 aliphatic rings. The van der Waals surface area contributed by atoms with Gasteiger partial charge in [0.05, 0.1) is 6.54 Å². The molecule has 0 atom stereocenters. The summed E-state index contributed by atoms with van der Waals surface area (Å²) in [6.07, 6.45) is 0.588. The molecule has 0 saturated carbocycles. The Kier molecular flexibility index (Phi) is 10.8. The van der Waals surface area contributed by atoms with Crippen LogP contribution >= 0.6 is 0 Å². The molecular formula is C4H6KN4O3+. The van der Waals surface area contributed by atoms with Crippen LogP contribution in [0.5, 0.6) is 0 Å². The average Bonchev–Trinajstić information content (AvgIpc) is 2.01. The number of hydrogen-bond acceptors (Lipinski definition) is 3. The third-order valence-corrected chi connectivity index (χ3v) is 0.723. The second-order valence-corrected chi connectivity index (χ2v) is 1.50. The first-order valence-electron chi connectivity index (χ1n) is 2.59. The molecule has 0 unspecified atom stereocenters. The minimum absolute atomic E-state index is 0. The summed E-state index contributed by atoms with van der Waals surface area (Å²) in [5.41, 5.74) is 9.12.